The molecule has 3 heteroatoms. The largest absolute Gasteiger partial charge is 0.207 e. The smallest absolute Gasteiger partial charge is 0.129 e. The Morgan fingerprint density at radius 2 is 2.08 bits per heavy atom. The zero-order valence-electron chi connectivity index (χ0n) is 7.15. The summed E-state index contributed by atoms with van der Waals surface area (Å²) in [6, 6.07) is 2.25. The predicted molar refractivity (Wildman–Crippen MR) is 47.8 cm³/mol. The predicted octanol–water partition coefficient (Wildman–Crippen LogP) is 3.44. The minimum atomic E-state index is -0.545. The average molecular weight is 203 g/mol. The Kier molecular flexibility index (Phi) is 2.03. The lowest BCUT2D eigenvalue weighted by Gasteiger charge is -2.06. The molecule has 0 amide bonds. The molecule has 0 aliphatic heterocycles. The molecule has 1 aromatic carbocycles. The molecule has 13 heavy (non-hydrogen) atoms. The highest BCUT2D eigenvalue weighted by atomic mass is 35.5. The van der Waals surface area contributed by atoms with Crippen molar-refractivity contribution < 1.29 is 8.78 Å². The summed E-state index contributed by atoms with van der Waals surface area (Å²) < 4.78 is 26.0. The zero-order chi connectivity index (χ0) is 9.59. The van der Waals surface area contributed by atoms with Gasteiger partial charge in [-0.05, 0) is 29.5 Å². The quantitative estimate of drug-likeness (QED) is 0.566. The number of hydrogen-bond donors (Lipinski definition) is 0. The number of benzene rings is 1. The van der Waals surface area contributed by atoms with E-state index in [-0.39, 0.29) is 11.3 Å². The van der Waals surface area contributed by atoms with Crippen molar-refractivity contribution >= 4 is 11.6 Å². The lowest BCUT2D eigenvalue weighted by atomic mass is 10.1. The maximum atomic E-state index is 13.2. The minimum absolute atomic E-state index is 0.188. The van der Waals surface area contributed by atoms with E-state index in [0.29, 0.717) is 17.5 Å². The minimum Gasteiger partial charge on any atom is -0.207 e. The number of fused-ring (bicyclic) bond motifs is 1. The topological polar surface area (TPSA) is 0 Å². The molecule has 0 saturated carbocycles. The van der Waals surface area contributed by atoms with Gasteiger partial charge in [-0.25, -0.2) is 8.78 Å². The summed E-state index contributed by atoms with van der Waals surface area (Å²) in [5.74, 6) is -0.825. The third-order valence-corrected chi connectivity index (χ3v) is 3.18. The number of hydrogen-bond acceptors (Lipinski definition) is 0. The third kappa shape index (κ3) is 1.33. The fourth-order valence-corrected chi connectivity index (χ4v) is 2.10. The molecule has 0 aromatic heterocycles. The van der Waals surface area contributed by atoms with Crippen LogP contribution < -0.4 is 0 Å². The SMILES string of the molecule is CC1Cc2c(F)cc(F)cc2C1Cl. The van der Waals surface area contributed by atoms with Gasteiger partial charge in [0.2, 0.25) is 0 Å². The summed E-state index contributed by atoms with van der Waals surface area (Å²) in [7, 11) is 0. The van der Waals surface area contributed by atoms with Crippen LogP contribution in [-0.4, -0.2) is 0 Å². The monoisotopic (exact) mass is 202 g/mol. The molecule has 70 valence electrons. The van der Waals surface area contributed by atoms with Crippen LogP contribution in [0.2, 0.25) is 0 Å². The molecule has 0 heterocycles. The van der Waals surface area contributed by atoms with Gasteiger partial charge in [0, 0.05) is 6.07 Å². The van der Waals surface area contributed by atoms with Crippen molar-refractivity contribution in [1.82, 2.24) is 0 Å². The highest BCUT2D eigenvalue weighted by molar-refractivity contribution is 6.21. The molecule has 0 radical (unpaired) electrons. The molecule has 1 aromatic rings. The summed E-state index contributed by atoms with van der Waals surface area (Å²) in [5, 5.41) is -0.250. The Labute approximate surface area is 80.5 Å². The normalized spacial score (nSPS) is 26.2. The average Bonchev–Trinajstić information content (AvgIpc) is 2.32. The van der Waals surface area contributed by atoms with Crippen molar-refractivity contribution in [3.8, 4) is 0 Å². The van der Waals surface area contributed by atoms with Crippen LogP contribution in [0.5, 0.6) is 0 Å². The summed E-state index contributed by atoms with van der Waals surface area (Å²) in [6.07, 6.45) is 0.607. The van der Waals surface area contributed by atoms with Crippen LogP contribution in [0.4, 0.5) is 8.78 Å². The van der Waals surface area contributed by atoms with Crippen LogP contribution in [0.1, 0.15) is 23.4 Å². The zero-order valence-corrected chi connectivity index (χ0v) is 7.91. The lowest BCUT2D eigenvalue weighted by Crippen LogP contribution is -1.94. The molecule has 2 atom stereocenters. The van der Waals surface area contributed by atoms with Gasteiger partial charge in [0.1, 0.15) is 11.6 Å². The van der Waals surface area contributed by atoms with Gasteiger partial charge in [-0.2, -0.15) is 0 Å². The summed E-state index contributed by atoms with van der Waals surface area (Å²) >= 11 is 6.00. The standard InChI is InChI=1S/C10H9ClF2/c1-5-2-7-8(10(5)11)3-6(12)4-9(7)13/h3-5,10H,2H2,1H3. The van der Waals surface area contributed by atoms with Gasteiger partial charge in [0.15, 0.2) is 0 Å². The van der Waals surface area contributed by atoms with Crippen LogP contribution in [0, 0.1) is 17.6 Å². The van der Waals surface area contributed by atoms with Crippen LogP contribution in [-0.2, 0) is 6.42 Å². The second kappa shape index (κ2) is 2.95. The van der Waals surface area contributed by atoms with Gasteiger partial charge >= 0.3 is 0 Å². The molecule has 0 fully saturated rings. The van der Waals surface area contributed by atoms with Gasteiger partial charge in [0.25, 0.3) is 0 Å². The first kappa shape index (κ1) is 8.95. The third-order valence-electron chi connectivity index (χ3n) is 2.52. The van der Waals surface area contributed by atoms with E-state index in [1.807, 2.05) is 6.92 Å². The Balaban J connectivity index is 2.57. The molecule has 0 N–H and O–H groups in total. The first-order valence-corrected chi connectivity index (χ1v) is 4.65. The van der Waals surface area contributed by atoms with Crippen LogP contribution in [0.25, 0.3) is 0 Å². The van der Waals surface area contributed by atoms with E-state index in [2.05, 4.69) is 0 Å². The van der Waals surface area contributed by atoms with Crippen LogP contribution in [0.3, 0.4) is 0 Å². The molecule has 1 aliphatic carbocycles. The van der Waals surface area contributed by atoms with E-state index in [1.165, 1.54) is 6.07 Å². The Bertz CT molecular complexity index is 349. The van der Waals surface area contributed by atoms with Crippen molar-refractivity contribution in [1.29, 1.82) is 0 Å². The Hall–Kier alpha value is -0.630. The molecule has 0 saturated heterocycles. The first-order valence-electron chi connectivity index (χ1n) is 4.21. The van der Waals surface area contributed by atoms with E-state index in [0.717, 1.165) is 6.07 Å². The second-order valence-corrected chi connectivity index (χ2v) is 4.01. The molecule has 2 unspecified atom stereocenters. The Morgan fingerprint density at radius 3 is 2.77 bits per heavy atom. The van der Waals surface area contributed by atoms with Gasteiger partial charge in [-0.3, -0.25) is 0 Å². The molecular weight excluding hydrogens is 194 g/mol. The van der Waals surface area contributed by atoms with Crippen molar-refractivity contribution in [2.24, 2.45) is 5.92 Å². The molecule has 2 rings (SSSR count). The maximum absolute atomic E-state index is 13.2. The fraction of sp³-hybridized carbons (Fsp3) is 0.400. The van der Waals surface area contributed by atoms with Crippen molar-refractivity contribution in [3.63, 3.8) is 0 Å². The van der Waals surface area contributed by atoms with E-state index in [9.17, 15) is 8.78 Å². The first-order chi connectivity index (χ1) is 6.09. The maximum Gasteiger partial charge on any atom is 0.129 e. The van der Waals surface area contributed by atoms with Gasteiger partial charge in [-0.15, -0.1) is 11.6 Å². The molecule has 1 aliphatic rings. The number of halogens is 3. The van der Waals surface area contributed by atoms with Crippen LogP contribution in [0.15, 0.2) is 12.1 Å². The molecule has 0 spiro atoms. The summed E-state index contributed by atoms with van der Waals surface area (Å²) in [5.41, 5.74) is 1.19. The van der Waals surface area contributed by atoms with E-state index in [4.69, 9.17) is 11.6 Å². The second-order valence-electron chi connectivity index (χ2n) is 3.54. The number of rotatable bonds is 0. The van der Waals surface area contributed by atoms with Crippen LogP contribution >= 0.6 is 11.6 Å². The van der Waals surface area contributed by atoms with Gasteiger partial charge in [-0.1, -0.05) is 6.92 Å². The van der Waals surface area contributed by atoms with Crippen molar-refractivity contribution in [3.05, 3.63) is 34.9 Å². The summed E-state index contributed by atoms with van der Waals surface area (Å²) in [6.45, 7) is 1.94. The fourth-order valence-electron chi connectivity index (χ4n) is 1.82. The van der Waals surface area contributed by atoms with E-state index < -0.39 is 11.6 Å². The molecule has 0 nitrogen and oxygen atoms in total. The highest BCUT2D eigenvalue weighted by Crippen LogP contribution is 2.41. The molecule has 0 bridgehead atoms. The number of alkyl halides is 1. The van der Waals surface area contributed by atoms with Gasteiger partial charge in [0.05, 0.1) is 5.38 Å². The van der Waals surface area contributed by atoms with E-state index in [1.54, 1.807) is 0 Å². The van der Waals surface area contributed by atoms with Crippen molar-refractivity contribution in [2.45, 2.75) is 18.7 Å². The summed E-state index contributed by atoms with van der Waals surface area (Å²) in [4.78, 5) is 0. The highest BCUT2D eigenvalue weighted by Gasteiger charge is 2.30. The lowest BCUT2D eigenvalue weighted by molar-refractivity contribution is 0.566. The van der Waals surface area contributed by atoms with E-state index >= 15 is 0 Å². The Morgan fingerprint density at radius 1 is 1.38 bits per heavy atom. The van der Waals surface area contributed by atoms with Crippen molar-refractivity contribution in [2.75, 3.05) is 0 Å². The van der Waals surface area contributed by atoms with Gasteiger partial charge < -0.3 is 0 Å². The molecular formula is C10H9ClF2.